The lowest BCUT2D eigenvalue weighted by Crippen LogP contribution is -2.44. The fourth-order valence-corrected chi connectivity index (χ4v) is 5.19. The Morgan fingerprint density at radius 3 is 2.62 bits per heavy atom. The smallest absolute Gasteiger partial charge is 0.193 e. The Morgan fingerprint density at radius 2 is 1.79 bits per heavy atom. The Labute approximate surface area is 170 Å². The van der Waals surface area contributed by atoms with Gasteiger partial charge in [-0.25, -0.2) is 4.39 Å². The molecule has 4 nitrogen and oxygen atoms in total. The Balaban J connectivity index is 1.49. The predicted octanol–water partition coefficient (Wildman–Crippen LogP) is 4.46. The number of hydrogen-bond donors (Lipinski definition) is 1. The summed E-state index contributed by atoms with van der Waals surface area (Å²) in [7, 11) is 0. The van der Waals surface area contributed by atoms with Gasteiger partial charge in [-0.05, 0) is 92.7 Å². The molecule has 3 aromatic rings. The SMILES string of the molecule is Nn1cc(C2CCN3CCCCC3C2)c2cc(C(=O)c3ccc(F)cc3)ccc21. The van der Waals surface area contributed by atoms with Gasteiger partial charge in [0.25, 0.3) is 0 Å². The van der Waals surface area contributed by atoms with Crippen molar-refractivity contribution in [1.29, 1.82) is 0 Å². The molecule has 2 unspecified atom stereocenters. The Morgan fingerprint density at radius 1 is 1.00 bits per heavy atom. The van der Waals surface area contributed by atoms with Crippen LogP contribution in [0.3, 0.4) is 0 Å². The minimum Gasteiger partial charge on any atom is -0.339 e. The van der Waals surface area contributed by atoms with Crippen LogP contribution in [0.5, 0.6) is 0 Å². The number of rotatable bonds is 3. The lowest BCUT2D eigenvalue weighted by Gasteiger charge is -2.42. The van der Waals surface area contributed by atoms with Crippen LogP contribution in [0.2, 0.25) is 0 Å². The number of ketones is 1. The highest BCUT2D eigenvalue weighted by Crippen LogP contribution is 2.39. The van der Waals surface area contributed by atoms with Gasteiger partial charge in [0, 0.05) is 28.8 Å². The molecule has 150 valence electrons. The number of aromatic nitrogens is 1. The van der Waals surface area contributed by atoms with E-state index in [1.54, 1.807) is 4.68 Å². The number of carbonyl (C=O) groups is 1. The van der Waals surface area contributed by atoms with Crippen LogP contribution < -0.4 is 5.84 Å². The lowest BCUT2D eigenvalue weighted by molar-refractivity contribution is 0.0977. The summed E-state index contributed by atoms with van der Waals surface area (Å²) in [6, 6.07) is 12.1. The number of benzene rings is 2. The van der Waals surface area contributed by atoms with Crippen LogP contribution >= 0.6 is 0 Å². The second kappa shape index (κ2) is 7.30. The highest BCUT2D eigenvalue weighted by atomic mass is 19.1. The maximum absolute atomic E-state index is 13.2. The maximum atomic E-state index is 13.2. The molecule has 2 atom stereocenters. The molecule has 2 saturated heterocycles. The molecule has 0 aliphatic carbocycles. The van der Waals surface area contributed by atoms with E-state index in [9.17, 15) is 9.18 Å². The molecule has 0 radical (unpaired) electrons. The number of nitrogens with zero attached hydrogens (tertiary/aromatic N) is 2. The fraction of sp³-hybridized carbons (Fsp3) is 0.375. The summed E-state index contributed by atoms with van der Waals surface area (Å²) in [5.41, 5.74) is 3.31. The van der Waals surface area contributed by atoms with Crippen molar-refractivity contribution < 1.29 is 9.18 Å². The molecule has 2 aromatic carbocycles. The quantitative estimate of drug-likeness (QED) is 0.530. The number of nitrogens with two attached hydrogens (primary N) is 1. The van der Waals surface area contributed by atoms with Crippen LogP contribution in [0.25, 0.3) is 10.9 Å². The van der Waals surface area contributed by atoms with Gasteiger partial charge in [0.05, 0.1) is 5.52 Å². The van der Waals surface area contributed by atoms with E-state index in [0.29, 0.717) is 23.1 Å². The Hall–Kier alpha value is -2.66. The summed E-state index contributed by atoms with van der Waals surface area (Å²) in [6.45, 7) is 2.37. The van der Waals surface area contributed by atoms with E-state index < -0.39 is 0 Å². The Bertz CT molecular complexity index is 1060. The molecule has 0 saturated carbocycles. The molecule has 2 fully saturated rings. The molecule has 5 rings (SSSR count). The minimum absolute atomic E-state index is 0.0929. The first-order valence-corrected chi connectivity index (χ1v) is 10.5. The third-order valence-corrected chi connectivity index (χ3v) is 6.74. The van der Waals surface area contributed by atoms with Gasteiger partial charge in [-0.15, -0.1) is 0 Å². The topological polar surface area (TPSA) is 51.3 Å². The van der Waals surface area contributed by atoms with Gasteiger partial charge in [0.1, 0.15) is 5.82 Å². The van der Waals surface area contributed by atoms with Crippen LogP contribution in [0.4, 0.5) is 4.39 Å². The van der Waals surface area contributed by atoms with E-state index in [1.807, 2.05) is 24.4 Å². The number of carbonyl (C=O) groups excluding carboxylic acids is 1. The Kier molecular flexibility index (Phi) is 4.63. The molecule has 29 heavy (non-hydrogen) atoms. The number of halogens is 1. The fourth-order valence-electron chi connectivity index (χ4n) is 5.19. The van der Waals surface area contributed by atoms with E-state index >= 15 is 0 Å². The zero-order valence-corrected chi connectivity index (χ0v) is 16.5. The molecule has 2 N–H and O–H groups in total. The van der Waals surface area contributed by atoms with Gasteiger partial charge < -0.3 is 10.7 Å². The van der Waals surface area contributed by atoms with Crippen LogP contribution in [0.1, 0.15) is 59.5 Å². The van der Waals surface area contributed by atoms with E-state index in [-0.39, 0.29) is 11.6 Å². The van der Waals surface area contributed by atoms with Crippen LogP contribution in [0.15, 0.2) is 48.7 Å². The van der Waals surface area contributed by atoms with Gasteiger partial charge in [-0.1, -0.05) is 6.42 Å². The largest absolute Gasteiger partial charge is 0.339 e. The van der Waals surface area contributed by atoms with Crippen molar-refractivity contribution in [3.63, 3.8) is 0 Å². The highest BCUT2D eigenvalue weighted by Gasteiger charge is 2.32. The number of fused-ring (bicyclic) bond motifs is 2. The summed E-state index contributed by atoms with van der Waals surface area (Å²) in [5, 5.41) is 1.06. The van der Waals surface area contributed by atoms with Crippen molar-refractivity contribution in [3.8, 4) is 0 Å². The molecule has 0 spiro atoms. The molecule has 5 heteroatoms. The average Bonchev–Trinajstić information content (AvgIpc) is 3.09. The standard InChI is InChI=1S/C24H26FN3O/c25-19-7-4-16(5-8-19)24(29)18-6-9-23-21(14-18)22(15-28(23)26)17-10-12-27-11-2-1-3-20(27)13-17/h4-9,14-15,17,20H,1-3,10-13,26H2. The van der Waals surface area contributed by atoms with Crippen LogP contribution in [-0.4, -0.2) is 34.5 Å². The summed E-state index contributed by atoms with van der Waals surface area (Å²) in [5.74, 6) is 6.29. The average molecular weight is 391 g/mol. The maximum Gasteiger partial charge on any atom is 0.193 e. The zero-order valence-electron chi connectivity index (χ0n) is 16.5. The van der Waals surface area contributed by atoms with Crippen molar-refractivity contribution >= 4 is 16.7 Å². The monoisotopic (exact) mass is 391 g/mol. The van der Waals surface area contributed by atoms with E-state index in [4.69, 9.17) is 5.84 Å². The molecule has 2 aliphatic heterocycles. The van der Waals surface area contributed by atoms with E-state index in [0.717, 1.165) is 30.3 Å². The molecular weight excluding hydrogens is 365 g/mol. The first kappa shape index (κ1) is 18.4. The molecular formula is C24H26FN3O. The van der Waals surface area contributed by atoms with E-state index in [2.05, 4.69) is 4.90 Å². The molecule has 0 bridgehead atoms. The summed E-state index contributed by atoms with van der Waals surface area (Å²) >= 11 is 0. The second-order valence-corrected chi connectivity index (χ2v) is 8.47. The molecule has 2 aliphatic rings. The first-order chi connectivity index (χ1) is 14.1. The third-order valence-electron chi connectivity index (χ3n) is 6.74. The number of hydrogen-bond acceptors (Lipinski definition) is 3. The van der Waals surface area contributed by atoms with Gasteiger partial charge in [-0.3, -0.25) is 9.47 Å². The van der Waals surface area contributed by atoms with Crippen LogP contribution in [-0.2, 0) is 0 Å². The van der Waals surface area contributed by atoms with Crippen molar-refractivity contribution in [3.05, 3.63) is 71.2 Å². The molecule has 3 heterocycles. The minimum atomic E-state index is -0.339. The highest BCUT2D eigenvalue weighted by molar-refractivity contribution is 6.10. The van der Waals surface area contributed by atoms with Gasteiger partial charge >= 0.3 is 0 Å². The summed E-state index contributed by atoms with van der Waals surface area (Å²) < 4.78 is 14.9. The van der Waals surface area contributed by atoms with Gasteiger partial charge in [0.15, 0.2) is 5.78 Å². The molecule has 1 aromatic heterocycles. The van der Waals surface area contributed by atoms with Crippen molar-refractivity contribution in [2.45, 2.75) is 44.1 Å². The van der Waals surface area contributed by atoms with Crippen molar-refractivity contribution in [2.75, 3.05) is 18.9 Å². The zero-order chi connectivity index (χ0) is 20.0. The van der Waals surface area contributed by atoms with Gasteiger partial charge in [-0.2, -0.15) is 0 Å². The normalized spacial score (nSPS) is 22.5. The van der Waals surface area contributed by atoms with Crippen molar-refractivity contribution in [2.24, 2.45) is 0 Å². The van der Waals surface area contributed by atoms with Crippen LogP contribution in [0, 0.1) is 5.82 Å². The third kappa shape index (κ3) is 3.33. The first-order valence-electron chi connectivity index (χ1n) is 10.5. The number of piperidine rings is 2. The van der Waals surface area contributed by atoms with E-state index in [1.165, 1.54) is 55.6 Å². The second-order valence-electron chi connectivity index (χ2n) is 8.47. The molecule has 0 amide bonds. The summed E-state index contributed by atoms with van der Waals surface area (Å²) in [6.07, 6.45) is 8.26. The summed E-state index contributed by atoms with van der Waals surface area (Å²) in [4.78, 5) is 15.6. The predicted molar refractivity (Wildman–Crippen MR) is 113 cm³/mol. The lowest BCUT2D eigenvalue weighted by atomic mass is 9.82. The number of nitrogen functional groups attached to an aromatic ring is 1. The van der Waals surface area contributed by atoms with Gasteiger partial charge in [0.2, 0.25) is 0 Å². The van der Waals surface area contributed by atoms with Crippen molar-refractivity contribution in [1.82, 2.24) is 9.58 Å².